The van der Waals surface area contributed by atoms with E-state index in [0.717, 1.165) is 6.42 Å². The van der Waals surface area contributed by atoms with Crippen molar-refractivity contribution in [3.05, 3.63) is 34.9 Å². The average Bonchev–Trinajstić information content (AvgIpc) is 2.19. The number of aliphatic hydroxyl groups excluding tert-OH is 1. The van der Waals surface area contributed by atoms with E-state index in [1.165, 1.54) is 16.7 Å². The van der Waals surface area contributed by atoms with Crippen LogP contribution in [-0.2, 0) is 6.42 Å². The summed E-state index contributed by atoms with van der Waals surface area (Å²) in [5.74, 6) is 0. The van der Waals surface area contributed by atoms with Crippen molar-refractivity contribution >= 4 is 0 Å². The van der Waals surface area contributed by atoms with Crippen LogP contribution in [0.15, 0.2) is 18.2 Å². The smallest absolute Gasteiger partial charge is 0.0705 e. The molecule has 1 unspecified atom stereocenters. The summed E-state index contributed by atoms with van der Waals surface area (Å²) in [6.07, 6.45) is 0.426. The summed E-state index contributed by atoms with van der Waals surface area (Å²) in [6, 6.07) is 6.81. The van der Waals surface area contributed by atoms with Crippen molar-refractivity contribution in [2.75, 3.05) is 6.54 Å². The number of benzene rings is 1. The summed E-state index contributed by atoms with van der Waals surface area (Å²) in [5, 5.41) is 13.1. The van der Waals surface area contributed by atoms with Gasteiger partial charge in [0.1, 0.15) is 0 Å². The first-order chi connectivity index (χ1) is 7.49. The second-order valence-electron chi connectivity index (χ2n) is 4.85. The molecule has 0 amide bonds. The molecular weight excluding hydrogens is 198 g/mol. The summed E-state index contributed by atoms with van der Waals surface area (Å²) < 4.78 is 0. The number of rotatable bonds is 5. The van der Waals surface area contributed by atoms with Crippen LogP contribution < -0.4 is 5.32 Å². The fraction of sp³-hybridized carbons (Fsp3) is 0.571. The van der Waals surface area contributed by atoms with Gasteiger partial charge in [0.2, 0.25) is 0 Å². The molecule has 2 nitrogen and oxygen atoms in total. The maximum Gasteiger partial charge on any atom is 0.0705 e. The van der Waals surface area contributed by atoms with Crippen LogP contribution in [0, 0.1) is 13.8 Å². The van der Waals surface area contributed by atoms with Crippen molar-refractivity contribution in [3.63, 3.8) is 0 Å². The second kappa shape index (κ2) is 6.02. The minimum absolute atomic E-state index is 0.302. The molecule has 0 radical (unpaired) electrons. The SMILES string of the molecule is Cc1ccc(CC(O)CNC(C)C)c(C)c1. The lowest BCUT2D eigenvalue weighted by Crippen LogP contribution is -2.33. The van der Waals surface area contributed by atoms with Gasteiger partial charge in [-0.25, -0.2) is 0 Å². The Labute approximate surface area is 98.7 Å². The standard InChI is InChI=1S/C14H23NO/c1-10(2)15-9-14(16)8-13-6-5-11(3)7-12(13)4/h5-7,10,14-16H,8-9H2,1-4H3. The van der Waals surface area contributed by atoms with Gasteiger partial charge in [-0.15, -0.1) is 0 Å². The minimum Gasteiger partial charge on any atom is -0.391 e. The first-order valence-corrected chi connectivity index (χ1v) is 5.96. The van der Waals surface area contributed by atoms with Crippen LogP contribution in [0.2, 0.25) is 0 Å². The molecule has 1 rings (SSSR count). The third-order valence-electron chi connectivity index (χ3n) is 2.72. The van der Waals surface area contributed by atoms with Gasteiger partial charge in [-0.2, -0.15) is 0 Å². The lowest BCUT2D eigenvalue weighted by Gasteiger charge is -2.15. The van der Waals surface area contributed by atoms with Crippen LogP contribution in [-0.4, -0.2) is 23.8 Å². The molecule has 1 aromatic carbocycles. The predicted molar refractivity (Wildman–Crippen MR) is 68.8 cm³/mol. The highest BCUT2D eigenvalue weighted by Gasteiger charge is 2.08. The van der Waals surface area contributed by atoms with Crippen LogP contribution in [0.3, 0.4) is 0 Å². The van der Waals surface area contributed by atoms with Gasteiger partial charge < -0.3 is 10.4 Å². The summed E-state index contributed by atoms with van der Waals surface area (Å²) in [4.78, 5) is 0. The van der Waals surface area contributed by atoms with E-state index in [9.17, 15) is 5.11 Å². The molecule has 1 aromatic rings. The molecule has 16 heavy (non-hydrogen) atoms. The molecule has 0 heterocycles. The number of aliphatic hydroxyl groups is 1. The highest BCUT2D eigenvalue weighted by Crippen LogP contribution is 2.12. The molecule has 0 saturated heterocycles. The topological polar surface area (TPSA) is 32.3 Å². The van der Waals surface area contributed by atoms with Crippen LogP contribution in [0.5, 0.6) is 0 Å². The summed E-state index contributed by atoms with van der Waals surface area (Å²) in [7, 11) is 0. The van der Waals surface area contributed by atoms with Crippen molar-refractivity contribution in [3.8, 4) is 0 Å². The number of nitrogens with one attached hydrogen (secondary N) is 1. The van der Waals surface area contributed by atoms with E-state index in [0.29, 0.717) is 12.6 Å². The minimum atomic E-state index is -0.302. The summed E-state index contributed by atoms with van der Waals surface area (Å²) in [6.45, 7) is 9.02. The maximum atomic E-state index is 9.88. The molecule has 0 bridgehead atoms. The predicted octanol–water partition coefficient (Wildman–Crippen LogP) is 2.20. The maximum absolute atomic E-state index is 9.88. The van der Waals surface area contributed by atoms with Gasteiger partial charge in [0.05, 0.1) is 6.10 Å². The summed E-state index contributed by atoms with van der Waals surface area (Å²) in [5.41, 5.74) is 3.78. The Morgan fingerprint density at radius 1 is 1.25 bits per heavy atom. The van der Waals surface area contributed by atoms with E-state index in [1.807, 2.05) is 0 Å². The van der Waals surface area contributed by atoms with Crippen LogP contribution in [0.25, 0.3) is 0 Å². The molecule has 0 aromatic heterocycles. The molecule has 0 aliphatic heterocycles. The molecule has 1 atom stereocenters. The third kappa shape index (κ3) is 4.33. The molecule has 0 aliphatic rings. The van der Waals surface area contributed by atoms with Gasteiger partial charge in [-0.3, -0.25) is 0 Å². The van der Waals surface area contributed by atoms with Crippen LogP contribution in [0.1, 0.15) is 30.5 Å². The fourth-order valence-corrected chi connectivity index (χ4v) is 1.77. The van der Waals surface area contributed by atoms with E-state index in [4.69, 9.17) is 0 Å². The van der Waals surface area contributed by atoms with Gasteiger partial charge in [-0.05, 0) is 31.4 Å². The quantitative estimate of drug-likeness (QED) is 0.799. The Hall–Kier alpha value is -0.860. The van der Waals surface area contributed by atoms with Gasteiger partial charge in [0, 0.05) is 12.6 Å². The monoisotopic (exact) mass is 221 g/mol. The Balaban J connectivity index is 2.52. The van der Waals surface area contributed by atoms with Crippen molar-refractivity contribution in [2.45, 2.75) is 46.3 Å². The lowest BCUT2D eigenvalue weighted by molar-refractivity contribution is 0.168. The lowest BCUT2D eigenvalue weighted by atomic mass is 10.0. The Bertz CT molecular complexity index is 334. The molecule has 2 N–H and O–H groups in total. The highest BCUT2D eigenvalue weighted by molar-refractivity contribution is 5.30. The van der Waals surface area contributed by atoms with Crippen LogP contribution in [0.4, 0.5) is 0 Å². The van der Waals surface area contributed by atoms with Crippen molar-refractivity contribution in [1.29, 1.82) is 0 Å². The van der Waals surface area contributed by atoms with Crippen molar-refractivity contribution in [2.24, 2.45) is 0 Å². The summed E-state index contributed by atoms with van der Waals surface area (Å²) >= 11 is 0. The first-order valence-electron chi connectivity index (χ1n) is 5.96. The normalized spacial score (nSPS) is 13.1. The van der Waals surface area contributed by atoms with Crippen LogP contribution >= 0.6 is 0 Å². The zero-order chi connectivity index (χ0) is 12.1. The highest BCUT2D eigenvalue weighted by atomic mass is 16.3. The molecule has 90 valence electrons. The molecular formula is C14H23NO. The molecule has 0 saturated carbocycles. The Morgan fingerprint density at radius 3 is 2.50 bits per heavy atom. The van der Waals surface area contributed by atoms with Crippen molar-refractivity contribution in [1.82, 2.24) is 5.32 Å². The molecule has 0 spiro atoms. The van der Waals surface area contributed by atoms with Gasteiger partial charge in [0.15, 0.2) is 0 Å². The van der Waals surface area contributed by atoms with Gasteiger partial charge >= 0.3 is 0 Å². The molecule has 0 aliphatic carbocycles. The van der Waals surface area contributed by atoms with Crippen molar-refractivity contribution < 1.29 is 5.11 Å². The Morgan fingerprint density at radius 2 is 1.94 bits per heavy atom. The van der Waals surface area contributed by atoms with E-state index in [-0.39, 0.29) is 6.10 Å². The number of hydrogen-bond donors (Lipinski definition) is 2. The van der Waals surface area contributed by atoms with E-state index < -0.39 is 0 Å². The molecule has 2 heteroatoms. The average molecular weight is 221 g/mol. The first kappa shape index (κ1) is 13.2. The van der Waals surface area contributed by atoms with Gasteiger partial charge in [0.25, 0.3) is 0 Å². The Kier molecular flexibility index (Phi) is 4.97. The van der Waals surface area contributed by atoms with E-state index in [2.05, 4.69) is 51.2 Å². The second-order valence-corrected chi connectivity index (χ2v) is 4.85. The number of aryl methyl sites for hydroxylation is 2. The third-order valence-corrected chi connectivity index (χ3v) is 2.72. The largest absolute Gasteiger partial charge is 0.391 e. The van der Waals surface area contributed by atoms with E-state index >= 15 is 0 Å². The zero-order valence-electron chi connectivity index (χ0n) is 10.7. The molecule has 0 fully saturated rings. The zero-order valence-corrected chi connectivity index (χ0v) is 10.7. The van der Waals surface area contributed by atoms with E-state index in [1.54, 1.807) is 0 Å². The van der Waals surface area contributed by atoms with Gasteiger partial charge in [-0.1, -0.05) is 37.6 Å². The fourth-order valence-electron chi connectivity index (χ4n) is 1.77. The number of hydrogen-bond acceptors (Lipinski definition) is 2.